The van der Waals surface area contributed by atoms with Crippen LogP contribution in [-0.2, 0) is 14.3 Å². The number of carbonyl (C=O) groups excluding carboxylic acids is 2. The van der Waals surface area contributed by atoms with Gasteiger partial charge in [-0.2, -0.15) is 0 Å². The minimum absolute atomic E-state index is 0.0240. The third-order valence-corrected chi connectivity index (χ3v) is 17.3. The van der Waals surface area contributed by atoms with Crippen LogP contribution >= 0.6 is 0 Å². The van der Waals surface area contributed by atoms with Crippen molar-refractivity contribution in [2.24, 2.45) is 0 Å². The fourth-order valence-electron chi connectivity index (χ4n) is 11.8. The van der Waals surface area contributed by atoms with E-state index >= 15 is 0 Å². The van der Waals surface area contributed by atoms with Crippen molar-refractivity contribution in [2.45, 2.75) is 431 Å². The molecule has 0 aromatic heterocycles. The first-order valence-electron chi connectivity index (χ1n) is 36.4. The molecule has 0 saturated carbocycles. The Morgan fingerprint density at radius 1 is 0.342 bits per heavy atom. The number of hydrogen-bond acceptors (Lipinski definition) is 5. The van der Waals surface area contributed by atoms with Gasteiger partial charge >= 0.3 is 5.97 Å². The molecule has 1 amide bonds. The zero-order valence-electron chi connectivity index (χ0n) is 53.9. The van der Waals surface area contributed by atoms with Gasteiger partial charge in [0.2, 0.25) is 5.91 Å². The standard InChI is InChI=1S/C73H143NO5/c1-3-5-7-9-11-13-15-16-17-18-33-37-40-43-47-51-55-59-63-67-73(78)79-68-64-60-56-52-48-44-41-38-35-32-30-28-26-24-22-20-19-21-23-25-27-29-31-34-36-39-42-46-50-54-58-62-66-72(77)74-70(69-75)71(76)65-61-57-53-49-45-14-12-10-8-6-4-2/h22,24,70-71,75-76H,3-21,23,25-69H2,1-2H3,(H,74,77)/b24-22-. The second kappa shape index (κ2) is 69.1. The second-order valence-corrected chi connectivity index (χ2v) is 25.3. The number of amides is 1. The monoisotopic (exact) mass is 1110 g/mol. The molecule has 0 spiro atoms. The van der Waals surface area contributed by atoms with E-state index in [1.807, 2.05) is 0 Å². The van der Waals surface area contributed by atoms with Crippen LogP contribution < -0.4 is 5.32 Å². The maximum Gasteiger partial charge on any atom is 0.305 e. The van der Waals surface area contributed by atoms with E-state index in [-0.39, 0.29) is 18.5 Å². The molecule has 3 N–H and O–H groups in total. The van der Waals surface area contributed by atoms with Gasteiger partial charge in [-0.25, -0.2) is 0 Å². The van der Waals surface area contributed by atoms with Crippen molar-refractivity contribution in [1.29, 1.82) is 0 Å². The predicted molar refractivity (Wildman–Crippen MR) is 347 cm³/mol. The van der Waals surface area contributed by atoms with Crippen molar-refractivity contribution < 1.29 is 24.5 Å². The molecule has 0 saturated heterocycles. The molecule has 0 aromatic carbocycles. The number of carbonyl (C=O) groups is 2. The molecule has 2 unspecified atom stereocenters. The quantitative estimate of drug-likeness (QED) is 0.0320. The number of nitrogens with one attached hydrogen (secondary N) is 1. The number of esters is 1. The third kappa shape index (κ3) is 65.6. The molecule has 0 aliphatic carbocycles. The van der Waals surface area contributed by atoms with Crippen molar-refractivity contribution in [1.82, 2.24) is 5.32 Å². The largest absolute Gasteiger partial charge is 0.466 e. The summed E-state index contributed by atoms with van der Waals surface area (Å²) in [6.45, 7) is 4.99. The zero-order valence-corrected chi connectivity index (χ0v) is 53.9. The van der Waals surface area contributed by atoms with Crippen LogP contribution in [-0.4, -0.2) is 47.4 Å². The molecular weight excluding hydrogens is 971 g/mol. The number of rotatable bonds is 69. The van der Waals surface area contributed by atoms with Crippen molar-refractivity contribution >= 4 is 11.9 Å². The van der Waals surface area contributed by atoms with Crippen molar-refractivity contribution in [2.75, 3.05) is 13.2 Å². The summed E-state index contributed by atoms with van der Waals surface area (Å²) in [5, 5.41) is 23.2. The third-order valence-electron chi connectivity index (χ3n) is 17.3. The Labute approximate surface area is 495 Å². The average Bonchev–Trinajstić information content (AvgIpc) is 3.45. The SMILES string of the molecule is CCCCCCCCCCCCCCCCCCCCCC(=O)OCCCCCCCCCCCCCC/C=C\CCCCCCCCCCCCCCCCCCC(=O)NC(CO)C(O)CCCCCCCCCCCCC. The molecule has 79 heavy (non-hydrogen) atoms. The van der Waals surface area contributed by atoms with Crippen LogP contribution in [0, 0.1) is 0 Å². The van der Waals surface area contributed by atoms with Gasteiger partial charge in [0.15, 0.2) is 0 Å². The Morgan fingerprint density at radius 2 is 0.595 bits per heavy atom. The Morgan fingerprint density at radius 3 is 0.899 bits per heavy atom. The molecule has 6 heteroatoms. The summed E-state index contributed by atoms with van der Waals surface area (Å²) >= 11 is 0. The van der Waals surface area contributed by atoms with Crippen molar-refractivity contribution in [3.8, 4) is 0 Å². The molecular formula is C73H143NO5. The summed E-state index contributed by atoms with van der Waals surface area (Å²) in [6.07, 6.45) is 85.7. The molecule has 2 atom stereocenters. The molecule has 0 aliphatic heterocycles. The predicted octanol–water partition coefficient (Wildman–Crippen LogP) is 23.5. The van der Waals surface area contributed by atoms with Crippen LogP contribution in [0.25, 0.3) is 0 Å². The zero-order chi connectivity index (χ0) is 57.1. The van der Waals surface area contributed by atoms with Crippen LogP contribution in [0.4, 0.5) is 0 Å². The molecule has 0 fully saturated rings. The second-order valence-electron chi connectivity index (χ2n) is 25.3. The molecule has 0 bridgehead atoms. The summed E-state index contributed by atoms with van der Waals surface area (Å²) in [4.78, 5) is 24.6. The number of ether oxygens (including phenoxy) is 1. The Hall–Kier alpha value is -1.40. The highest BCUT2D eigenvalue weighted by Gasteiger charge is 2.20. The molecule has 0 aliphatic rings. The highest BCUT2D eigenvalue weighted by Crippen LogP contribution is 2.19. The summed E-state index contributed by atoms with van der Waals surface area (Å²) in [6, 6.07) is -0.537. The van der Waals surface area contributed by atoms with Crippen molar-refractivity contribution in [3.05, 3.63) is 12.2 Å². The van der Waals surface area contributed by atoms with E-state index in [0.717, 1.165) is 38.5 Å². The van der Waals surface area contributed by atoms with Crippen LogP contribution in [0.15, 0.2) is 12.2 Å². The van der Waals surface area contributed by atoms with Gasteiger partial charge in [-0.15, -0.1) is 0 Å². The fourth-order valence-corrected chi connectivity index (χ4v) is 11.8. The van der Waals surface area contributed by atoms with E-state index in [0.29, 0.717) is 25.9 Å². The number of hydrogen-bond donors (Lipinski definition) is 3. The summed E-state index contributed by atoms with van der Waals surface area (Å²) in [5.41, 5.74) is 0. The fraction of sp³-hybridized carbons (Fsp3) is 0.945. The van der Waals surface area contributed by atoms with Gasteiger partial charge in [0.05, 0.1) is 25.4 Å². The first-order chi connectivity index (χ1) is 39.0. The van der Waals surface area contributed by atoms with E-state index < -0.39 is 12.1 Å². The van der Waals surface area contributed by atoms with Gasteiger partial charge in [0.25, 0.3) is 0 Å². The van der Waals surface area contributed by atoms with Crippen LogP contribution in [0.3, 0.4) is 0 Å². The maximum atomic E-state index is 12.5. The number of aliphatic hydroxyl groups excluding tert-OH is 2. The lowest BCUT2D eigenvalue weighted by atomic mass is 10.0. The van der Waals surface area contributed by atoms with Gasteiger partial charge < -0.3 is 20.3 Å². The maximum absolute atomic E-state index is 12.5. The molecule has 0 aromatic rings. The van der Waals surface area contributed by atoms with Crippen LogP contribution in [0.1, 0.15) is 418 Å². The minimum atomic E-state index is -0.660. The Bertz CT molecular complexity index is 1190. The molecule has 0 radical (unpaired) electrons. The molecule has 6 nitrogen and oxygen atoms in total. The molecule has 0 rings (SSSR count). The lowest BCUT2D eigenvalue weighted by Gasteiger charge is -2.22. The van der Waals surface area contributed by atoms with E-state index in [1.54, 1.807) is 0 Å². The lowest BCUT2D eigenvalue weighted by molar-refractivity contribution is -0.143. The summed E-state index contributed by atoms with van der Waals surface area (Å²) in [5.74, 6) is -0.00703. The van der Waals surface area contributed by atoms with E-state index in [9.17, 15) is 19.8 Å². The molecule has 470 valence electrons. The van der Waals surface area contributed by atoms with E-state index in [2.05, 4.69) is 31.3 Å². The lowest BCUT2D eigenvalue weighted by Crippen LogP contribution is -2.45. The van der Waals surface area contributed by atoms with Gasteiger partial charge in [0.1, 0.15) is 0 Å². The first-order valence-corrected chi connectivity index (χ1v) is 36.4. The Balaban J connectivity index is 3.31. The number of aliphatic hydroxyl groups is 2. The smallest absolute Gasteiger partial charge is 0.305 e. The normalized spacial score (nSPS) is 12.5. The minimum Gasteiger partial charge on any atom is -0.466 e. The molecule has 0 heterocycles. The van der Waals surface area contributed by atoms with Crippen LogP contribution in [0.5, 0.6) is 0 Å². The first kappa shape index (κ1) is 77.6. The van der Waals surface area contributed by atoms with Gasteiger partial charge in [-0.3, -0.25) is 9.59 Å². The Kier molecular flexibility index (Phi) is 67.9. The topological polar surface area (TPSA) is 95.9 Å². The number of allylic oxidation sites excluding steroid dienone is 2. The highest BCUT2D eigenvalue weighted by molar-refractivity contribution is 5.76. The van der Waals surface area contributed by atoms with Gasteiger partial charge in [-0.1, -0.05) is 366 Å². The van der Waals surface area contributed by atoms with Gasteiger partial charge in [0, 0.05) is 12.8 Å². The summed E-state index contributed by atoms with van der Waals surface area (Å²) in [7, 11) is 0. The van der Waals surface area contributed by atoms with Crippen LogP contribution in [0.2, 0.25) is 0 Å². The highest BCUT2D eigenvalue weighted by atomic mass is 16.5. The van der Waals surface area contributed by atoms with E-state index in [1.165, 1.54) is 347 Å². The van der Waals surface area contributed by atoms with E-state index in [4.69, 9.17) is 4.74 Å². The summed E-state index contributed by atoms with van der Waals surface area (Å²) < 4.78 is 5.52. The number of unbranched alkanes of at least 4 members (excludes halogenated alkanes) is 56. The van der Waals surface area contributed by atoms with Crippen molar-refractivity contribution in [3.63, 3.8) is 0 Å². The van der Waals surface area contributed by atoms with Gasteiger partial charge in [-0.05, 0) is 51.4 Å². The average molecular weight is 1110 g/mol.